The van der Waals surface area contributed by atoms with Gasteiger partial charge in [-0.15, -0.1) is 0 Å². The second-order valence-corrected chi connectivity index (χ2v) is 5.13. The molecule has 1 saturated heterocycles. The largest absolute Gasteiger partial charge is 0.369 e. The molecule has 1 aliphatic heterocycles. The van der Waals surface area contributed by atoms with Gasteiger partial charge in [-0.1, -0.05) is 25.1 Å². The summed E-state index contributed by atoms with van der Waals surface area (Å²) in [6.45, 7) is 10.2. The van der Waals surface area contributed by atoms with Gasteiger partial charge in [0.25, 0.3) is 0 Å². The molecule has 2 heteroatoms. The molecular formula is C15H24N2. The Bertz CT molecular complexity index is 353. The summed E-state index contributed by atoms with van der Waals surface area (Å²) >= 11 is 0. The first-order chi connectivity index (χ1) is 8.22. The predicted octanol–water partition coefficient (Wildman–Crippen LogP) is 2.88. The van der Waals surface area contributed by atoms with E-state index in [0.717, 1.165) is 13.1 Å². The first kappa shape index (κ1) is 12.4. The van der Waals surface area contributed by atoms with Crippen molar-refractivity contribution in [3.8, 4) is 0 Å². The van der Waals surface area contributed by atoms with E-state index in [0.29, 0.717) is 6.04 Å². The molecule has 0 bridgehead atoms. The lowest BCUT2D eigenvalue weighted by Crippen LogP contribution is -2.33. The van der Waals surface area contributed by atoms with Crippen LogP contribution in [0.3, 0.4) is 0 Å². The van der Waals surface area contributed by atoms with Gasteiger partial charge in [0.2, 0.25) is 0 Å². The monoisotopic (exact) mass is 232 g/mol. The van der Waals surface area contributed by atoms with Gasteiger partial charge in [-0.2, -0.15) is 0 Å². The molecule has 1 aliphatic rings. The number of benzene rings is 1. The second-order valence-electron chi connectivity index (χ2n) is 5.13. The van der Waals surface area contributed by atoms with E-state index < -0.39 is 0 Å². The third-order valence-corrected chi connectivity index (χ3v) is 3.63. The maximum atomic E-state index is 3.63. The van der Waals surface area contributed by atoms with Crippen LogP contribution < -0.4 is 10.2 Å². The van der Waals surface area contributed by atoms with Gasteiger partial charge in [-0.3, -0.25) is 0 Å². The van der Waals surface area contributed by atoms with E-state index in [4.69, 9.17) is 0 Å². The predicted molar refractivity (Wildman–Crippen MR) is 74.8 cm³/mol. The van der Waals surface area contributed by atoms with Crippen LogP contribution in [0, 0.1) is 13.8 Å². The molecule has 94 valence electrons. The van der Waals surface area contributed by atoms with Crippen LogP contribution in [-0.2, 0) is 0 Å². The topological polar surface area (TPSA) is 15.3 Å². The Kier molecular flexibility index (Phi) is 4.06. The Balaban J connectivity index is 2.05. The Labute approximate surface area is 105 Å². The fraction of sp³-hybridized carbons (Fsp3) is 0.600. The van der Waals surface area contributed by atoms with Crippen LogP contribution >= 0.6 is 0 Å². The smallest absolute Gasteiger partial charge is 0.0426 e. The summed E-state index contributed by atoms with van der Waals surface area (Å²) in [5, 5.41) is 3.63. The molecule has 1 aromatic carbocycles. The zero-order valence-electron chi connectivity index (χ0n) is 11.3. The van der Waals surface area contributed by atoms with Gasteiger partial charge in [0.15, 0.2) is 0 Å². The molecule has 0 spiro atoms. The summed E-state index contributed by atoms with van der Waals surface area (Å²) in [5.41, 5.74) is 4.26. The highest BCUT2D eigenvalue weighted by Crippen LogP contribution is 2.27. The van der Waals surface area contributed by atoms with Crippen LogP contribution in [0.1, 0.15) is 30.9 Å². The first-order valence-electron chi connectivity index (χ1n) is 6.77. The molecule has 0 radical (unpaired) electrons. The van der Waals surface area contributed by atoms with Gasteiger partial charge in [-0.05, 0) is 44.4 Å². The lowest BCUT2D eigenvalue weighted by Gasteiger charge is -2.23. The van der Waals surface area contributed by atoms with Crippen LogP contribution in [0.15, 0.2) is 18.2 Å². The third-order valence-electron chi connectivity index (χ3n) is 3.63. The number of nitrogens with zero attached hydrogens (tertiary/aromatic N) is 1. The zero-order chi connectivity index (χ0) is 12.3. The summed E-state index contributed by atoms with van der Waals surface area (Å²) in [5.74, 6) is 0. The molecule has 1 heterocycles. The van der Waals surface area contributed by atoms with E-state index in [2.05, 4.69) is 49.2 Å². The van der Waals surface area contributed by atoms with E-state index >= 15 is 0 Å². The number of nitrogens with one attached hydrogen (secondary N) is 1. The van der Waals surface area contributed by atoms with E-state index in [9.17, 15) is 0 Å². The van der Waals surface area contributed by atoms with Crippen LogP contribution in [0.5, 0.6) is 0 Å². The summed E-state index contributed by atoms with van der Waals surface area (Å²) < 4.78 is 0. The van der Waals surface area contributed by atoms with Crippen molar-refractivity contribution >= 4 is 5.69 Å². The van der Waals surface area contributed by atoms with E-state index in [-0.39, 0.29) is 0 Å². The number of hydrogen-bond donors (Lipinski definition) is 1. The summed E-state index contributed by atoms with van der Waals surface area (Å²) in [6, 6.07) is 7.26. The summed E-state index contributed by atoms with van der Waals surface area (Å²) in [7, 11) is 0. The molecule has 1 atom stereocenters. The maximum absolute atomic E-state index is 3.63. The lowest BCUT2D eigenvalue weighted by atomic mass is 10.1. The highest BCUT2D eigenvalue weighted by molar-refractivity contribution is 5.59. The normalized spacial score (nSPS) is 19.9. The number of para-hydroxylation sites is 1. The second kappa shape index (κ2) is 5.54. The Morgan fingerprint density at radius 1 is 1.29 bits per heavy atom. The first-order valence-corrected chi connectivity index (χ1v) is 6.77. The molecular weight excluding hydrogens is 208 g/mol. The maximum Gasteiger partial charge on any atom is 0.0426 e. The van der Waals surface area contributed by atoms with Crippen LogP contribution in [0.25, 0.3) is 0 Å². The minimum atomic E-state index is 0.675. The molecule has 1 unspecified atom stereocenters. The van der Waals surface area contributed by atoms with Crippen molar-refractivity contribution in [2.75, 3.05) is 24.5 Å². The summed E-state index contributed by atoms with van der Waals surface area (Å²) in [6.07, 6.45) is 2.49. The molecule has 0 aromatic heterocycles. The quantitative estimate of drug-likeness (QED) is 0.858. The van der Waals surface area contributed by atoms with Crippen molar-refractivity contribution in [2.24, 2.45) is 0 Å². The van der Waals surface area contributed by atoms with Crippen molar-refractivity contribution < 1.29 is 0 Å². The average molecular weight is 232 g/mol. The number of aryl methyl sites for hydroxylation is 2. The van der Waals surface area contributed by atoms with Gasteiger partial charge in [-0.25, -0.2) is 0 Å². The van der Waals surface area contributed by atoms with Crippen molar-refractivity contribution in [3.05, 3.63) is 29.3 Å². The molecule has 1 fully saturated rings. The van der Waals surface area contributed by atoms with E-state index in [1.54, 1.807) is 0 Å². The van der Waals surface area contributed by atoms with Crippen molar-refractivity contribution in [2.45, 2.75) is 39.7 Å². The Morgan fingerprint density at radius 3 is 2.65 bits per heavy atom. The van der Waals surface area contributed by atoms with Gasteiger partial charge in [0.1, 0.15) is 0 Å². The molecule has 0 saturated carbocycles. The average Bonchev–Trinajstić information content (AvgIpc) is 2.75. The summed E-state index contributed by atoms with van der Waals surface area (Å²) in [4.78, 5) is 2.54. The minimum Gasteiger partial charge on any atom is -0.369 e. The minimum absolute atomic E-state index is 0.675. The highest BCUT2D eigenvalue weighted by Gasteiger charge is 2.23. The van der Waals surface area contributed by atoms with E-state index in [1.165, 1.54) is 36.2 Å². The SMILES string of the molecule is CCCNC1CCN(c2c(C)cccc2C)C1. The number of rotatable bonds is 4. The lowest BCUT2D eigenvalue weighted by molar-refractivity contribution is 0.549. The van der Waals surface area contributed by atoms with Crippen molar-refractivity contribution in [3.63, 3.8) is 0 Å². The standard InChI is InChI=1S/C15H24N2/c1-4-9-16-14-8-10-17(11-14)15-12(2)6-5-7-13(15)3/h5-7,14,16H,4,8-11H2,1-3H3. The molecule has 1 aromatic rings. The number of hydrogen-bond acceptors (Lipinski definition) is 2. The Hall–Kier alpha value is -1.02. The molecule has 2 rings (SSSR count). The molecule has 0 aliphatic carbocycles. The molecule has 0 amide bonds. The highest BCUT2D eigenvalue weighted by atomic mass is 15.2. The van der Waals surface area contributed by atoms with Gasteiger partial charge in [0.05, 0.1) is 0 Å². The molecule has 1 N–H and O–H groups in total. The van der Waals surface area contributed by atoms with Gasteiger partial charge >= 0.3 is 0 Å². The zero-order valence-corrected chi connectivity index (χ0v) is 11.3. The molecule has 2 nitrogen and oxygen atoms in total. The van der Waals surface area contributed by atoms with Gasteiger partial charge < -0.3 is 10.2 Å². The fourth-order valence-corrected chi connectivity index (χ4v) is 2.78. The fourth-order valence-electron chi connectivity index (χ4n) is 2.78. The van der Waals surface area contributed by atoms with Gasteiger partial charge in [0, 0.05) is 24.8 Å². The van der Waals surface area contributed by atoms with Crippen LogP contribution in [0.4, 0.5) is 5.69 Å². The third kappa shape index (κ3) is 2.81. The van der Waals surface area contributed by atoms with E-state index in [1.807, 2.05) is 0 Å². The van der Waals surface area contributed by atoms with Crippen molar-refractivity contribution in [1.82, 2.24) is 5.32 Å². The number of anilines is 1. The van der Waals surface area contributed by atoms with Crippen molar-refractivity contribution in [1.29, 1.82) is 0 Å². The Morgan fingerprint density at radius 2 is 2.00 bits per heavy atom. The molecule has 17 heavy (non-hydrogen) atoms. The van der Waals surface area contributed by atoms with Crippen LogP contribution in [0.2, 0.25) is 0 Å². The van der Waals surface area contributed by atoms with Crippen LogP contribution in [-0.4, -0.2) is 25.7 Å².